The molecule has 0 spiro atoms. The lowest BCUT2D eigenvalue weighted by atomic mass is 9.82. The van der Waals surface area contributed by atoms with Gasteiger partial charge in [0.25, 0.3) is 0 Å². The third-order valence-corrected chi connectivity index (χ3v) is 3.80. The summed E-state index contributed by atoms with van der Waals surface area (Å²) < 4.78 is 13.3. The van der Waals surface area contributed by atoms with Crippen molar-refractivity contribution in [3.05, 3.63) is 29.6 Å². The zero-order valence-electron chi connectivity index (χ0n) is 11.4. The van der Waals surface area contributed by atoms with E-state index in [1.807, 2.05) is 0 Å². The van der Waals surface area contributed by atoms with E-state index in [2.05, 4.69) is 23.9 Å². The summed E-state index contributed by atoms with van der Waals surface area (Å²) in [4.78, 5) is 2.16. The number of nitrogens with zero attached hydrogens (tertiary/aromatic N) is 2. The van der Waals surface area contributed by atoms with Crippen molar-refractivity contribution in [1.29, 1.82) is 0 Å². The average Bonchev–Trinajstić information content (AvgIpc) is 2.38. The Bertz CT molecular complexity index is 489. The molecule has 1 heterocycles. The first-order valence-electron chi connectivity index (χ1n) is 6.45. The van der Waals surface area contributed by atoms with Gasteiger partial charge in [-0.1, -0.05) is 19.0 Å². The van der Waals surface area contributed by atoms with Crippen molar-refractivity contribution in [3.8, 4) is 0 Å². The van der Waals surface area contributed by atoms with E-state index in [1.165, 1.54) is 12.1 Å². The van der Waals surface area contributed by atoms with E-state index in [-0.39, 0.29) is 11.7 Å². The summed E-state index contributed by atoms with van der Waals surface area (Å²) in [6, 6.07) is 4.41. The number of halogens is 1. The van der Waals surface area contributed by atoms with E-state index in [0.717, 1.165) is 31.6 Å². The minimum atomic E-state index is -0.386. The van der Waals surface area contributed by atoms with Crippen LogP contribution in [0.2, 0.25) is 0 Å². The van der Waals surface area contributed by atoms with Crippen LogP contribution in [0.15, 0.2) is 23.4 Å². The lowest BCUT2D eigenvalue weighted by molar-refractivity contribution is 0.279. The maximum absolute atomic E-state index is 13.3. The molecule has 1 aliphatic heterocycles. The van der Waals surface area contributed by atoms with E-state index in [0.29, 0.717) is 11.0 Å². The molecule has 0 radical (unpaired) electrons. The summed E-state index contributed by atoms with van der Waals surface area (Å²) in [7, 11) is 0. The van der Waals surface area contributed by atoms with Crippen molar-refractivity contribution in [2.24, 2.45) is 16.3 Å². The number of piperidine rings is 1. The Morgan fingerprint density at radius 2 is 2.00 bits per heavy atom. The van der Waals surface area contributed by atoms with Crippen LogP contribution in [0.1, 0.15) is 32.3 Å². The molecule has 0 bridgehead atoms. The van der Waals surface area contributed by atoms with Crippen molar-refractivity contribution < 1.29 is 9.60 Å². The molecule has 2 rings (SSSR count). The number of hydrogen-bond acceptors (Lipinski definition) is 3. The summed E-state index contributed by atoms with van der Waals surface area (Å²) in [6.45, 7) is 6.29. The Kier molecular flexibility index (Phi) is 3.64. The molecule has 1 aliphatic rings. The van der Waals surface area contributed by atoms with Crippen molar-refractivity contribution in [2.75, 3.05) is 18.0 Å². The monoisotopic (exact) mass is 265 g/mol. The molecule has 0 atom stereocenters. The van der Waals surface area contributed by atoms with Gasteiger partial charge in [0.1, 0.15) is 5.82 Å². The van der Waals surface area contributed by atoms with Gasteiger partial charge in [-0.05, 0) is 36.5 Å². The van der Waals surface area contributed by atoms with Gasteiger partial charge < -0.3 is 15.8 Å². The number of hydrogen-bond donors (Lipinski definition) is 2. The van der Waals surface area contributed by atoms with Crippen LogP contribution in [0.4, 0.5) is 10.1 Å². The lowest BCUT2D eigenvalue weighted by Crippen LogP contribution is -2.38. The summed E-state index contributed by atoms with van der Waals surface area (Å²) in [6.07, 6.45) is 2.14. The van der Waals surface area contributed by atoms with Crippen molar-refractivity contribution in [1.82, 2.24) is 0 Å². The van der Waals surface area contributed by atoms with Crippen LogP contribution >= 0.6 is 0 Å². The highest BCUT2D eigenvalue weighted by Crippen LogP contribution is 2.33. The second-order valence-electron chi connectivity index (χ2n) is 5.80. The van der Waals surface area contributed by atoms with Crippen LogP contribution < -0.4 is 10.6 Å². The molecule has 1 aromatic carbocycles. The molecular weight excluding hydrogens is 245 g/mol. The van der Waals surface area contributed by atoms with Crippen LogP contribution in [-0.4, -0.2) is 24.1 Å². The maximum atomic E-state index is 13.3. The summed E-state index contributed by atoms with van der Waals surface area (Å²) in [5.74, 6) is -0.443. The molecule has 19 heavy (non-hydrogen) atoms. The zero-order chi connectivity index (χ0) is 14.0. The van der Waals surface area contributed by atoms with Crippen LogP contribution in [0.25, 0.3) is 0 Å². The Labute approximate surface area is 112 Å². The van der Waals surface area contributed by atoms with Gasteiger partial charge in [-0.2, -0.15) is 0 Å². The molecule has 0 aromatic heterocycles. The molecule has 104 valence electrons. The smallest absolute Gasteiger partial charge is 0.172 e. The van der Waals surface area contributed by atoms with Crippen LogP contribution in [0.3, 0.4) is 0 Å². The van der Waals surface area contributed by atoms with Gasteiger partial charge in [0.15, 0.2) is 5.84 Å². The number of anilines is 1. The minimum absolute atomic E-state index is 0.0562. The fraction of sp³-hybridized carbons (Fsp3) is 0.500. The fourth-order valence-corrected chi connectivity index (χ4v) is 2.40. The molecule has 0 aliphatic carbocycles. The number of benzene rings is 1. The molecule has 3 N–H and O–H groups in total. The Hall–Kier alpha value is -1.78. The molecule has 1 aromatic rings. The van der Waals surface area contributed by atoms with Gasteiger partial charge in [-0.25, -0.2) is 4.39 Å². The quantitative estimate of drug-likeness (QED) is 0.374. The predicted molar refractivity (Wildman–Crippen MR) is 74.1 cm³/mol. The first kappa shape index (κ1) is 13.6. The SMILES string of the molecule is CC1(C)CCN(c2ccc(F)cc2/C(N)=N/O)CC1. The normalized spacial score (nSPS) is 19.5. The second-order valence-corrected chi connectivity index (χ2v) is 5.80. The Morgan fingerprint density at radius 3 is 2.58 bits per heavy atom. The molecule has 4 nitrogen and oxygen atoms in total. The van der Waals surface area contributed by atoms with Gasteiger partial charge in [0.2, 0.25) is 0 Å². The number of amidine groups is 1. The first-order valence-corrected chi connectivity index (χ1v) is 6.45. The van der Waals surface area contributed by atoms with Crippen LogP contribution in [0.5, 0.6) is 0 Å². The lowest BCUT2D eigenvalue weighted by Gasteiger charge is -2.38. The summed E-state index contributed by atoms with van der Waals surface area (Å²) in [5.41, 5.74) is 7.24. The molecule has 5 heteroatoms. The van der Waals surface area contributed by atoms with Crippen molar-refractivity contribution >= 4 is 11.5 Å². The first-order chi connectivity index (χ1) is 8.93. The number of oxime groups is 1. The molecule has 0 amide bonds. The fourth-order valence-electron chi connectivity index (χ4n) is 2.40. The maximum Gasteiger partial charge on any atom is 0.172 e. The van der Waals surface area contributed by atoms with Gasteiger partial charge in [0, 0.05) is 24.3 Å². The van der Waals surface area contributed by atoms with Crippen molar-refractivity contribution in [3.63, 3.8) is 0 Å². The third-order valence-electron chi connectivity index (χ3n) is 3.80. The standard InChI is InChI=1S/C14H20FN3O/c1-14(2)5-7-18(8-6-14)12-4-3-10(15)9-11(12)13(16)17-19/h3-4,9,19H,5-8H2,1-2H3,(H2,16,17). The summed E-state index contributed by atoms with van der Waals surface area (Å²) >= 11 is 0. The molecular formula is C14H20FN3O. The van der Waals surface area contributed by atoms with Crippen molar-refractivity contribution in [2.45, 2.75) is 26.7 Å². The van der Waals surface area contributed by atoms with Gasteiger partial charge in [0.05, 0.1) is 0 Å². The highest BCUT2D eigenvalue weighted by molar-refractivity contribution is 6.02. The minimum Gasteiger partial charge on any atom is -0.409 e. The Balaban J connectivity index is 2.30. The molecule has 0 saturated carbocycles. The van der Waals surface area contributed by atoms with E-state index in [4.69, 9.17) is 10.9 Å². The van der Waals surface area contributed by atoms with Crippen LogP contribution in [-0.2, 0) is 0 Å². The molecule has 1 fully saturated rings. The van der Waals surface area contributed by atoms with E-state index in [9.17, 15) is 4.39 Å². The highest BCUT2D eigenvalue weighted by atomic mass is 19.1. The third kappa shape index (κ3) is 2.97. The van der Waals surface area contributed by atoms with Gasteiger partial charge >= 0.3 is 0 Å². The second kappa shape index (κ2) is 5.07. The topological polar surface area (TPSA) is 61.8 Å². The van der Waals surface area contributed by atoms with E-state index >= 15 is 0 Å². The molecule has 0 unspecified atom stereocenters. The average molecular weight is 265 g/mol. The largest absolute Gasteiger partial charge is 0.409 e. The summed E-state index contributed by atoms with van der Waals surface area (Å²) in [5, 5.41) is 11.8. The number of nitrogens with two attached hydrogens (primary N) is 1. The zero-order valence-corrected chi connectivity index (χ0v) is 11.4. The highest BCUT2D eigenvalue weighted by Gasteiger charge is 2.27. The number of rotatable bonds is 2. The van der Waals surface area contributed by atoms with Gasteiger partial charge in [-0.15, -0.1) is 0 Å². The molecule has 1 saturated heterocycles. The predicted octanol–water partition coefficient (Wildman–Crippen LogP) is 2.55. The van der Waals surface area contributed by atoms with E-state index in [1.54, 1.807) is 6.07 Å². The van der Waals surface area contributed by atoms with Gasteiger partial charge in [-0.3, -0.25) is 0 Å². The van der Waals surface area contributed by atoms with E-state index < -0.39 is 0 Å². The van der Waals surface area contributed by atoms with Crippen LogP contribution in [0, 0.1) is 11.2 Å². The Morgan fingerprint density at radius 1 is 1.37 bits per heavy atom.